The number of aromatic nitrogens is 6. The quantitative estimate of drug-likeness (QED) is 0.755. The summed E-state index contributed by atoms with van der Waals surface area (Å²) >= 11 is 0. The van der Waals surface area contributed by atoms with Gasteiger partial charge in [-0.1, -0.05) is 0 Å². The second kappa shape index (κ2) is 5.95. The van der Waals surface area contributed by atoms with Crippen molar-refractivity contribution in [2.45, 2.75) is 0 Å². The first-order chi connectivity index (χ1) is 10.8. The van der Waals surface area contributed by atoms with E-state index in [4.69, 9.17) is 4.74 Å². The largest absolute Gasteiger partial charge is 0.480 e. The topological polar surface area (TPSA) is 108 Å². The molecule has 2 aromatic heterocycles. The number of methoxy groups -OCH3 is 1. The van der Waals surface area contributed by atoms with Crippen molar-refractivity contribution in [1.82, 2.24) is 30.4 Å². The standard InChI is InChI=1S/C13H11N7O2/c1-22-12-7-6-11(16-17-12)13(21)15-9-2-4-10(5-3-9)20-8-14-18-19-20/h2-8H,1H3,(H,15,21). The number of tetrazole rings is 1. The molecule has 110 valence electrons. The van der Waals surface area contributed by atoms with Crippen molar-refractivity contribution in [2.75, 3.05) is 12.4 Å². The maximum Gasteiger partial charge on any atom is 0.276 e. The van der Waals surface area contributed by atoms with Crippen LogP contribution in [0.2, 0.25) is 0 Å². The van der Waals surface area contributed by atoms with Crippen LogP contribution in [-0.4, -0.2) is 43.4 Å². The van der Waals surface area contributed by atoms with Gasteiger partial charge in [-0.15, -0.1) is 15.3 Å². The molecule has 0 aliphatic carbocycles. The Kier molecular flexibility index (Phi) is 3.69. The Morgan fingerprint density at radius 3 is 2.55 bits per heavy atom. The van der Waals surface area contributed by atoms with Gasteiger partial charge < -0.3 is 10.1 Å². The molecule has 2 heterocycles. The molecule has 0 saturated carbocycles. The van der Waals surface area contributed by atoms with Gasteiger partial charge in [0, 0.05) is 11.8 Å². The molecule has 0 spiro atoms. The zero-order valence-electron chi connectivity index (χ0n) is 11.5. The Bertz CT molecular complexity index is 754. The maximum absolute atomic E-state index is 12.0. The first kappa shape index (κ1) is 13.6. The van der Waals surface area contributed by atoms with Gasteiger partial charge in [0.25, 0.3) is 5.91 Å². The SMILES string of the molecule is COc1ccc(C(=O)Nc2ccc(-n3cnnn3)cc2)nn1. The van der Waals surface area contributed by atoms with Gasteiger partial charge in [0.05, 0.1) is 12.8 Å². The molecule has 1 amide bonds. The monoisotopic (exact) mass is 297 g/mol. The van der Waals surface area contributed by atoms with Crippen LogP contribution in [0.15, 0.2) is 42.7 Å². The normalized spacial score (nSPS) is 10.2. The third-order valence-electron chi connectivity index (χ3n) is 2.82. The molecule has 0 aliphatic rings. The van der Waals surface area contributed by atoms with Crippen LogP contribution in [0.4, 0.5) is 5.69 Å². The fourth-order valence-electron chi connectivity index (χ4n) is 1.72. The van der Waals surface area contributed by atoms with E-state index < -0.39 is 0 Å². The molecule has 0 bridgehead atoms. The van der Waals surface area contributed by atoms with Gasteiger partial charge >= 0.3 is 0 Å². The van der Waals surface area contributed by atoms with Crippen molar-refractivity contribution in [1.29, 1.82) is 0 Å². The van der Waals surface area contributed by atoms with E-state index in [0.717, 1.165) is 5.69 Å². The average Bonchev–Trinajstić information content (AvgIpc) is 3.10. The number of carbonyl (C=O) groups is 1. The van der Waals surface area contributed by atoms with Crippen molar-refractivity contribution in [3.8, 4) is 11.6 Å². The molecule has 0 aliphatic heterocycles. The molecule has 0 fully saturated rings. The summed E-state index contributed by atoms with van der Waals surface area (Å²) in [5, 5.41) is 21.2. The number of rotatable bonds is 4. The summed E-state index contributed by atoms with van der Waals surface area (Å²) in [6.07, 6.45) is 1.49. The third-order valence-corrected chi connectivity index (χ3v) is 2.82. The lowest BCUT2D eigenvalue weighted by Gasteiger charge is -2.06. The zero-order valence-corrected chi connectivity index (χ0v) is 11.5. The smallest absolute Gasteiger partial charge is 0.276 e. The highest BCUT2D eigenvalue weighted by molar-refractivity contribution is 6.02. The second-order valence-electron chi connectivity index (χ2n) is 4.22. The highest BCUT2D eigenvalue weighted by Gasteiger charge is 2.09. The van der Waals surface area contributed by atoms with Crippen molar-refractivity contribution >= 4 is 11.6 Å². The van der Waals surface area contributed by atoms with Gasteiger partial charge in [-0.25, -0.2) is 4.68 Å². The Morgan fingerprint density at radius 1 is 1.14 bits per heavy atom. The van der Waals surface area contributed by atoms with E-state index in [9.17, 15) is 4.79 Å². The fraction of sp³-hybridized carbons (Fsp3) is 0.0769. The highest BCUT2D eigenvalue weighted by atomic mass is 16.5. The number of ether oxygens (including phenoxy) is 1. The third kappa shape index (κ3) is 2.87. The van der Waals surface area contributed by atoms with Crippen molar-refractivity contribution in [2.24, 2.45) is 0 Å². The van der Waals surface area contributed by atoms with Crippen LogP contribution < -0.4 is 10.1 Å². The molecule has 0 atom stereocenters. The van der Waals surface area contributed by atoms with Gasteiger partial charge in [-0.05, 0) is 40.8 Å². The number of hydrogen-bond acceptors (Lipinski definition) is 7. The molecule has 3 aromatic rings. The van der Waals surface area contributed by atoms with Crippen LogP contribution in [0.3, 0.4) is 0 Å². The van der Waals surface area contributed by atoms with E-state index in [1.165, 1.54) is 24.2 Å². The molecular weight excluding hydrogens is 286 g/mol. The van der Waals surface area contributed by atoms with Gasteiger partial charge in [-0.3, -0.25) is 4.79 Å². The summed E-state index contributed by atoms with van der Waals surface area (Å²) in [6.45, 7) is 0. The minimum absolute atomic E-state index is 0.199. The Morgan fingerprint density at radius 2 is 1.95 bits per heavy atom. The molecule has 0 unspecified atom stereocenters. The van der Waals surface area contributed by atoms with Crippen molar-refractivity contribution in [3.05, 3.63) is 48.4 Å². The molecule has 0 saturated heterocycles. The van der Waals surface area contributed by atoms with E-state index in [2.05, 4.69) is 31.0 Å². The van der Waals surface area contributed by atoms with Crippen LogP contribution in [0, 0.1) is 0 Å². The van der Waals surface area contributed by atoms with E-state index in [0.29, 0.717) is 11.6 Å². The lowest BCUT2D eigenvalue weighted by atomic mass is 10.2. The molecular formula is C13H11N7O2. The number of carbonyl (C=O) groups excluding carboxylic acids is 1. The number of anilines is 1. The molecule has 0 radical (unpaired) electrons. The maximum atomic E-state index is 12.0. The fourth-order valence-corrected chi connectivity index (χ4v) is 1.72. The van der Waals surface area contributed by atoms with E-state index in [1.54, 1.807) is 30.3 Å². The first-order valence-corrected chi connectivity index (χ1v) is 6.29. The average molecular weight is 297 g/mol. The van der Waals surface area contributed by atoms with Crippen LogP contribution in [0.25, 0.3) is 5.69 Å². The van der Waals surface area contributed by atoms with Gasteiger partial charge in [-0.2, -0.15) is 0 Å². The van der Waals surface area contributed by atoms with Gasteiger partial charge in [0.15, 0.2) is 5.69 Å². The van der Waals surface area contributed by atoms with Crippen LogP contribution in [0.5, 0.6) is 5.88 Å². The number of nitrogens with one attached hydrogen (secondary N) is 1. The number of amides is 1. The lowest BCUT2D eigenvalue weighted by Crippen LogP contribution is -2.14. The Labute approximate surface area is 124 Å². The lowest BCUT2D eigenvalue weighted by molar-refractivity contribution is 0.102. The number of nitrogens with zero attached hydrogens (tertiary/aromatic N) is 6. The van der Waals surface area contributed by atoms with Crippen LogP contribution >= 0.6 is 0 Å². The zero-order chi connectivity index (χ0) is 15.4. The molecule has 1 aromatic carbocycles. The summed E-state index contributed by atoms with van der Waals surface area (Å²) in [5.41, 5.74) is 1.61. The number of hydrogen-bond donors (Lipinski definition) is 1. The van der Waals surface area contributed by atoms with Gasteiger partial charge in [0.2, 0.25) is 5.88 Å². The summed E-state index contributed by atoms with van der Waals surface area (Å²) in [5.74, 6) is -0.00679. The van der Waals surface area contributed by atoms with Crippen LogP contribution in [0.1, 0.15) is 10.5 Å². The minimum Gasteiger partial charge on any atom is -0.480 e. The summed E-state index contributed by atoms with van der Waals surface area (Å²) < 4.78 is 6.41. The molecule has 9 heteroatoms. The van der Waals surface area contributed by atoms with Crippen LogP contribution in [-0.2, 0) is 0 Å². The Hall–Kier alpha value is -3.36. The Balaban J connectivity index is 1.71. The molecule has 1 N–H and O–H groups in total. The molecule has 3 rings (SSSR count). The predicted molar refractivity (Wildman–Crippen MR) is 75.7 cm³/mol. The molecule has 22 heavy (non-hydrogen) atoms. The second-order valence-corrected chi connectivity index (χ2v) is 4.22. The summed E-state index contributed by atoms with van der Waals surface area (Å²) in [6, 6.07) is 10.2. The summed E-state index contributed by atoms with van der Waals surface area (Å²) in [4.78, 5) is 12.0. The van der Waals surface area contributed by atoms with E-state index in [1.807, 2.05) is 0 Å². The van der Waals surface area contributed by atoms with E-state index >= 15 is 0 Å². The number of benzene rings is 1. The minimum atomic E-state index is -0.356. The molecule has 9 nitrogen and oxygen atoms in total. The van der Waals surface area contributed by atoms with Gasteiger partial charge in [0.1, 0.15) is 6.33 Å². The van der Waals surface area contributed by atoms with E-state index in [-0.39, 0.29) is 11.6 Å². The predicted octanol–water partition coefficient (Wildman–Crippen LogP) is 0.713. The van der Waals surface area contributed by atoms with Crippen molar-refractivity contribution in [3.63, 3.8) is 0 Å². The van der Waals surface area contributed by atoms with Crippen molar-refractivity contribution < 1.29 is 9.53 Å². The summed E-state index contributed by atoms with van der Waals surface area (Å²) in [7, 11) is 1.48. The first-order valence-electron chi connectivity index (χ1n) is 6.29. The highest BCUT2D eigenvalue weighted by Crippen LogP contribution is 2.13.